The van der Waals surface area contributed by atoms with E-state index in [0.29, 0.717) is 21.4 Å². The van der Waals surface area contributed by atoms with Crippen LogP contribution in [-0.2, 0) is 9.53 Å². The Morgan fingerprint density at radius 1 is 1.35 bits per heavy atom. The molecule has 2 rings (SSSR count). The number of anilines is 2. The number of nitrogens with zero attached hydrogens (tertiary/aromatic N) is 2. The summed E-state index contributed by atoms with van der Waals surface area (Å²) in [6, 6.07) is 5.80. The average Bonchev–Trinajstić information content (AvgIpc) is 3.01. The SMILES string of the molecule is CCCC(C(=O)OC(C)(C)C)C(N)c1nnc(Nc2ccccc2F)[se]1. The fraction of sp³-hybridized carbons (Fsp3) is 0.500. The molecule has 0 bridgehead atoms. The van der Waals surface area contributed by atoms with E-state index in [1.54, 1.807) is 18.2 Å². The third-order valence-electron chi connectivity index (χ3n) is 3.58. The van der Waals surface area contributed by atoms with Gasteiger partial charge in [-0.05, 0) is 0 Å². The third kappa shape index (κ3) is 5.62. The Morgan fingerprint density at radius 3 is 2.65 bits per heavy atom. The van der Waals surface area contributed by atoms with Gasteiger partial charge in [-0.15, -0.1) is 0 Å². The van der Waals surface area contributed by atoms with E-state index in [9.17, 15) is 9.18 Å². The monoisotopic (exact) mass is 428 g/mol. The van der Waals surface area contributed by atoms with Gasteiger partial charge < -0.3 is 0 Å². The molecule has 1 aromatic heterocycles. The molecule has 6 nitrogen and oxygen atoms in total. The zero-order valence-corrected chi connectivity index (χ0v) is 17.2. The van der Waals surface area contributed by atoms with Crippen molar-refractivity contribution in [3.63, 3.8) is 0 Å². The average molecular weight is 427 g/mol. The van der Waals surface area contributed by atoms with E-state index in [4.69, 9.17) is 10.5 Å². The van der Waals surface area contributed by atoms with Gasteiger partial charge in [-0.3, -0.25) is 0 Å². The summed E-state index contributed by atoms with van der Waals surface area (Å²) in [6.07, 6.45) is 1.42. The number of ether oxygens (including phenoxy) is 1. The van der Waals surface area contributed by atoms with Crippen LogP contribution in [0.4, 0.5) is 14.8 Å². The number of carbonyl (C=O) groups excluding carboxylic acids is 1. The van der Waals surface area contributed by atoms with Crippen LogP contribution in [0.2, 0.25) is 0 Å². The van der Waals surface area contributed by atoms with Crippen molar-refractivity contribution in [3.8, 4) is 0 Å². The van der Waals surface area contributed by atoms with Crippen LogP contribution in [-0.4, -0.2) is 36.3 Å². The minimum absolute atomic E-state index is 0.296. The molecule has 1 aromatic carbocycles. The predicted molar refractivity (Wildman–Crippen MR) is 99.8 cm³/mol. The van der Waals surface area contributed by atoms with Crippen molar-refractivity contribution in [1.82, 2.24) is 10.2 Å². The Bertz CT molecular complexity index is 745. The first-order valence-electron chi connectivity index (χ1n) is 8.54. The molecule has 26 heavy (non-hydrogen) atoms. The summed E-state index contributed by atoms with van der Waals surface area (Å²) in [4.78, 5) is 12.5. The van der Waals surface area contributed by atoms with Crippen molar-refractivity contribution in [2.75, 3.05) is 5.32 Å². The van der Waals surface area contributed by atoms with Crippen molar-refractivity contribution in [1.29, 1.82) is 0 Å². The zero-order chi connectivity index (χ0) is 19.3. The zero-order valence-electron chi connectivity index (χ0n) is 15.5. The third-order valence-corrected chi connectivity index (χ3v) is 5.56. The standard InChI is InChI=1S/C18H25FN4O2Se/c1-5-8-11(16(24)25-18(2,3)4)14(20)15-22-23-17(26-15)21-13-10-7-6-9-12(13)19/h6-7,9-11,14H,5,8,20H2,1-4H3,(H,21,23). The molecule has 2 atom stereocenters. The summed E-state index contributed by atoms with van der Waals surface area (Å²) < 4.78 is 20.5. The van der Waals surface area contributed by atoms with E-state index >= 15 is 0 Å². The molecule has 0 radical (unpaired) electrons. The molecule has 0 aliphatic heterocycles. The fourth-order valence-electron chi connectivity index (χ4n) is 2.40. The maximum atomic E-state index is 13.8. The van der Waals surface area contributed by atoms with Gasteiger partial charge in [-0.2, -0.15) is 0 Å². The number of nitrogens with one attached hydrogen (secondary N) is 1. The number of para-hydroxylation sites is 1. The molecule has 0 amide bonds. The van der Waals surface area contributed by atoms with Crippen molar-refractivity contribution < 1.29 is 13.9 Å². The second-order valence-electron chi connectivity index (χ2n) is 7.00. The van der Waals surface area contributed by atoms with Crippen LogP contribution in [0.1, 0.15) is 51.1 Å². The molecular formula is C18H25FN4O2Se. The Hall–Kier alpha value is -1.76. The van der Waals surface area contributed by atoms with Gasteiger partial charge in [0.1, 0.15) is 0 Å². The summed E-state index contributed by atoms with van der Waals surface area (Å²) in [5.41, 5.74) is 6.10. The summed E-state index contributed by atoms with van der Waals surface area (Å²) >= 11 is -0.296. The van der Waals surface area contributed by atoms with Gasteiger partial charge in [0.15, 0.2) is 0 Å². The summed E-state index contributed by atoms with van der Waals surface area (Å²) in [5.74, 6) is -1.15. The van der Waals surface area contributed by atoms with Crippen molar-refractivity contribution in [2.45, 2.75) is 52.2 Å². The van der Waals surface area contributed by atoms with E-state index in [2.05, 4.69) is 15.5 Å². The molecule has 0 saturated heterocycles. The number of halogens is 1. The molecule has 1 heterocycles. The number of carbonyl (C=O) groups is 1. The van der Waals surface area contributed by atoms with E-state index in [1.807, 2.05) is 27.7 Å². The van der Waals surface area contributed by atoms with Crippen molar-refractivity contribution >= 4 is 30.9 Å². The summed E-state index contributed by atoms with van der Waals surface area (Å²) in [6.45, 7) is 7.48. The Morgan fingerprint density at radius 2 is 2.04 bits per heavy atom. The Kier molecular flexibility index (Phi) is 6.92. The minimum atomic E-state index is -0.570. The molecule has 142 valence electrons. The van der Waals surface area contributed by atoms with Gasteiger partial charge >= 0.3 is 159 Å². The van der Waals surface area contributed by atoms with Gasteiger partial charge in [0.05, 0.1) is 0 Å². The number of rotatable bonds is 7. The van der Waals surface area contributed by atoms with Crippen LogP contribution >= 0.6 is 0 Å². The Labute approximate surface area is 159 Å². The predicted octanol–water partition coefficient (Wildman–Crippen LogP) is 3.17. The van der Waals surface area contributed by atoms with Crippen LogP contribution in [0.3, 0.4) is 0 Å². The molecule has 8 heteroatoms. The molecule has 0 aliphatic rings. The second-order valence-corrected chi connectivity index (χ2v) is 9.12. The molecule has 0 spiro atoms. The first-order valence-corrected chi connectivity index (χ1v) is 10.3. The van der Waals surface area contributed by atoms with E-state index in [-0.39, 0.29) is 26.3 Å². The number of hydrogen-bond donors (Lipinski definition) is 2. The summed E-state index contributed by atoms with van der Waals surface area (Å²) in [7, 11) is 0. The second kappa shape index (κ2) is 8.75. The molecule has 0 fully saturated rings. The van der Waals surface area contributed by atoms with Gasteiger partial charge in [-0.1, -0.05) is 0 Å². The van der Waals surface area contributed by atoms with E-state index < -0.39 is 17.6 Å². The van der Waals surface area contributed by atoms with Crippen LogP contribution in [0, 0.1) is 11.7 Å². The first kappa shape index (κ1) is 20.6. The topological polar surface area (TPSA) is 90.1 Å². The molecule has 0 saturated carbocycles. The molecule has 2 aromatic rings. The number of nitrogens with two attached hydrogens (primary N) is 1. The number of hydrogen-bond acceptors (Lipinski definition) is 6. The quantitative estimate of drug-likeness (QED) is 0.521. The molecule has 2 unspecified atom stereocenters. The van der Waals surface area contributed by atoms with Crippen molar-refractivity contribution in [2.24, 2.45) is 11.7 Å². The number of esters is 1. The normalized spacial score (nSPS) is 13.9. The number of aromatic nitrogens is 2. The maximum absolute atomic E-state index is 13.8. The van der Waals surface area contributed by atoms with Crippen LogP contribution in [0.5, 0.6) is 0 Å². The van der Waals surface area contributed by atoms with Gasteiger partial charge in [0, 0.05) is 0 Å². The summed E-state index contributed by atoms with van der Waals surface area (Å²) in [5, 5.41) is 11.2. The Balaban J connectivity index is 2.14. The molecular weight excluding hydrogens is 402 g/mol. The van der Waals surface area contributed by atoms with Gasteiger partial charge in [-0.25, -0.2) is 0 Å². The van der Waals surface area contributed by atoms with Gasteiger partial charge in [0.2, 0.25) is 0 Å². The van der Waals surface area contributed by atoms with E-state index in [0.717, 1.165) is 6.42 Å². The van der Waals surface area contributed by atoms with Crippen LogP contribution in [0.25, 0.3) is 0 Å². The van der Waals surface area contributed by atoms with Crippen LogP contribution < -0.4 is 11.1 Å². The fourth-order valence-corrected chi connectivity index (χ4v) is 4.13. The molecule has 3 N–H and O–H groups in total. The first-order chi connectivity index (χ1) is 12.2. The van der Waals surface area contributed by atoms with Crippen molar-refractivity contribution in [3.05, 3.63) is 34.7 Å². The van der Waals surface area contributed by atoms with Crippen LogP contribution in [0.15, 0.2) is 24.3 Å². The molecule has 0 aliphatic carbocycles. The number of benzene rings is 1. The van der Waals surface area contributed by atoms with Gasteiger partial charge in [0.25, 0.3) is 0 Å². The van der Waals surface area contributed by atoms with E-state index in [1.165, 1.54) is 6.07 Å².